The Morgan fingerprint density at radius 3 is 2.92 bits per heavy atom. The minimum absolute atomic E-state index is 0.0348. The van der Waals surface area contributed by atoms with Gasteiger partial charge in [0.05, 0.1) is 13.7 Å². The second-order valence-corrected chi connectivity index (χ2v) is 5.63. The molecule has 0 radical (unpaired) electrons. The molecule has 1 fully saturated rings. The Labute approximate surface area is 142 Å². The van der Waals surface area contributed by atoms with Gasteiger partial charge in [0.15, 0.2) is 17.3 Å². The Balaban J connectivity index is 1.52. The van der Waals surface area contributed by atoms with Gasteiger partial charge in [0.2, 0.25) is 0 Å². The zero-order chi connectivity index (χ0) is 16.8. The minimum atomic E-state index is -0.0348. The van der Waals surface area contributed by atoms with E-state index in [1.807, 2.05) is 28.8 Å². The highest BCUT2D eigenvalue weighted by Gasteiger charge is 2.25. The second-order valence-electron chi connectivity index (χ2n) is 5.63. The Bertz CT molecular complexity index is 646. The summed E-state index contributed by atoms with van der Waals surface area (Å²) in [5, 5.41) is 8.20. The van der Waals surface area contributed by atoms with Crippen LogP contribution in [-0.2, 0) is 11.3 Å². The summed E-state index contributed by atoms with van der Waals surface area (Å²) in [6, 6.07) is 7.70. The molecule has 1 aliphatic rings. The van der Waals surface area contributed by atoms with Gasteiger partial charge in [0.1, 0.15) is 19.0 Å². The first-order valence-electron chi connectivity index (χ1n) is 8.29. The number of ether oxygens (including phenoxy) is 3. The molecule has 0 bridgehead atoms. The molecule has 3 rings (SSSR count). The first-order valence-corrected chi connectivity index (χ1v) is 8.29. The first kappa shape index (κ1) is 16.7. The predicted molar refractivity (Wildman–Crippen MR) is 89.3 cm³/mol. The van der Waals surface area contributed by atoms with E-state index in [1.54, 1.807) is 13.4 Å². The van der Waals surface area contributed by atoms with E-state index in [0.717, 1.165) is 43.5 Å². The van der Waals surface area contributed by atoms with Crippen molar-refractivity contribution in [2.45, 2.75) is 19.6 Å². The van der Waals surface area contributed by atoms with Crippen LogP contribution in [0.4, 0.5) is 0 Å². The maximum atomic E-state index is 5.87. The van der Waals surface area contributed by atoms with Crippen LogP contribution in [0.1, 0.15) is 18.9 Å². The molecule has 2 aromatic rings. The monoisotopic (exact) mass is 332 g/mol. The molecule has 1 unspecified atom stereocenters. The molecule has 1 aromatic heterocycles. The molecule has 130 valence electrons. The van der Waals surface area contributed by atoms with Crippen LogP contribution >= 0.6 is 0 Å². The number of aromatic nitrogens is 3. The van der Waals surface area contributed by atoms with Crippen LogP contribution in [0.25, 0.3) is 0 Å². The number of aryl methyl sites for hydroxylation is 1. The van der Waals surface area contributed by atoms with E-state index >= 15 is 0 Å². The zero-order valence-electron chi connectivity index (χ0n) is 14.2. The van der Waals surface area contributed by atoms with Gasteiger partial charge in [-0.2, -0.15) is 0 Å². The fourth-order valence-corrected chi connectivity index (χ4v) is 2.84. The average Bonchev–Trinajstić information content (AvgIpc) is 3.11. The molecule has 0 spiro atoms. The van der Waals surface area contributed by atoms with Gasteiger partial charge in [-0.1, -0.05) is 12.1 Å². The number of nitrogens with zero attached hydrogens (tertiary/aromatic N) is 4. The van der Waals surface area contributed by atoms with E-state index in [0.29, 0.717) is 13.2 Å². The molecule has 0 saturated carbocycles. The number of hydrogen-bond acceptors (Lipinski definition) is 6. The van der Waals surface area contributed by atoms with Crippen LogP contribution in [0.15, 0.2) is 30.6 Å². The summed E-state index contributed by atoms with van der Waals surface area (Å²) in [6.07, 6.45) is 1.72. The molecule has 1 aliphatic heterocycles. The van der Waals surface area contributed by atoms with Gasteiger partial charge in [-0.05, 0) is 19.1 Å². The van der Waals surface area contributed by atoms with Gasteiger partial charge in [-0.15, -0.1) is 10.2 Å². The van der Waals surface area contributed by atoms with E-state index in [9.17, 15) is 0 Å². The third kappa shape index (κ3) is 3.85. The smallest absolute Gasteiger partial charge is 0.163 e. The summed E-state index contributed by atoms with van der Waals surface area (Å²) in [4.78, 5) is 2.33. The van der Waals surface area contributed by atoms with Crippen LogP contribution in [0.5, 0.6) is 11.5 Å². The van der Waals surface area contributed by atoms with E-state index < -0.39 is 0 Å². The Kier molecular flexibility index (Phi) is 5.66. The fraction of sp³-hybridized carbons (Fsp3) is 0.529. The summed E-state index contributed by atoms with van der Waals surface area (Å²) in [5.74, 6) is 2.43. The van der Waals surface area contributed by atoms with Gasteiger partial charge in [0.25, 0.3) is 0 Å². The summed E-state index contributed by atoms with van der Waals surface area (Å²) in [6.45, 7) is 6.75. The predicted octanol–water partition coefficient (Wildman–Crippen LogP) is 1.76. The van der Waals surface area contributed by atoms with Crippen molar-refractivity contribution in [3.05, 3.63) is 36.4 Å². The van der Waals surface area contributed by atoms with Gasteiger partial charge in [-0.3, -0.25) is 4.90 Å². The molecule has 7 nitrogen and oxygen atoms in total. The van der Waals surface area contributed by atoms with Crippen molar-refractivity contribution in [2.75, 3.05) is 40.0 Å². The summed E-state index contributed by atoms with van der Waals surface area (Å²) in [5.41, 5.74) is 0. The topological polar surface area (TPSA) is 61.6 Å². The lowest BCUT2D eigenvalue weighted by Crippen LogP contribution is -2.41. The van der Waals surface area contributed by atoms with E-state index in [-0.39, 0.29) is 6.10 Å². The molecular weight excluding hydrogens is 308 g/mol. The van der Waals surface area contributed by atoms with Gasteiger partial charge in [-0.25, -0.2) is 0 Å². The van der Waals surface area contributed by atoms with E-state index in [1.165, 1.54) is 0 Å². The van der Waals surface area contributed by atoms with Crippen molar-refractivity contribution in [2.24, 2.45) is 0 Å². The van der Waals surface area contributed by atoms with Crippen LogP contribution < -0.4 is 9.47 Å². The SMILES string of the molecule is CCn1cnnc1C1CN(CCOc2ccccc2OC)CCO1. The lowest BCUT2D eigenvalue weighted by atomic mass is 10.2. The van der Waals surface area contributed by atoms with Crippen molar-refractivity contribution >= 4 is 0 Å². The molecule has 7 heteroatoms. The van der Waals surface area contributed by atoms with E-state index in [2.05, 4.69) is 22.0 Å². The van der Waals surface area contributed by atoms with Crippen molar-refractivity contribution in [1.82, 2.24) is 19.7 Å². The van der Waals surface area contributed by atoms with Crippen LogP contribution in [0, 0.1) is 0 Å². The Morgan fingerprint density at radius 1 is 1.29 bits per heavy atom. The van der Waals surface area contributed by atoms with Crippen molar-refractivity contribution in [1.29, 1.82) is 0 Å². The maximum absolute atomic E-state index is 5.87. The quantitative estimate of drug-likeness (QED) is 0.770. The van der Waals surface area contributed by atoms with Crippen molar-refractivity contribution < 1.29 is 14.2 Å². The molecule has 1 atom stereocenters. The molecule has 0 N–H and O–H groups in total. The number of benzene rings is 1. The molecule has 0 amide bonds. The summed E-state index contributed by atoms with van der Waals surface area (Å²) < 4.78 is 19.1. The largest absolute Gasteiger partial charge is 0.493 e. The number of para-hydroxylation sites is 2. The molecule has 24 heavy (non-hydrogen) atoms. The third-order valence-electron chi connectivity index (χ3n) is 4.16. The lowest BCUT2D eigenvalue weighted by Gasteiger charge is -2.32. The molecule has 0 aliphatic carbocycles. The summed E-state index contributed by atoms with van der Waals surface area (Å²) >= 11 is 0. The molecule has 1 aromatic carbocycles. The first-order chi connectivity index (χ1) is 11.8. The van der Waals surface area contributed by atoms with Crippen LogP contribution in [-0.4, -0.2) is 59.6 Å². The van der Waals surface area contributed by atoms with Crippen molar-refractivity contribution in [3.8, 4) is 11.5 Å². The third-order valence-corrected chi connectivity index (χ3v) is 4.16. The number of rotatable bonds is 7. The minimum Gasteiger partial charge on any atom is -0.493 e. The van der Waals surface area contributed by atoms with Gasteiger partial charge >= 0.3 is 0 Å². The lowest BCUT2D eigenvalue weighted by molar-refractivity contribution is -0.0388. The zero-order valence-corrected chi connectivity index (χ0v) is 14.2. The standard InChI is InChI=1S/C17H24N4O3/c1-3-21-13-18-19-17(21)16-12-20(9-11-24-16)8-10-23-15-7-5-4-6-14(15)22-2/h4-7,13,16H,3,8-12H2,1-2H3. The average molecular weight is 332 g/mol. The highest BCUT2D eigenvalue weighted by Crippen LogP contribution is 2.26. The van der Waals surface area contributed by atoms with Gasteiger partial charge in [0, 0.05) is 26.2 Å². The van der Waals surface area contributed by atoms with Crippen LogP contribution in [0.3, 0.4) is 0 Å². The summed E-state index contributed by atoms with van der Waals surface area (Å²) in [7, 11) is 1.65. The normalized spacial score (nSPS) is 18.5. The van der Waals surface area contributed by atoms with E-state index in [4.69, 9.17) is 14.2 Å². The number of morpholine rings is 1. The number of hydrogen-bond donors (Lipinski definition) is 0. The molecule has 2 heterocycles. The Hall–Kier alpha value is -2.12. The number of methoxy groups -OCH3 is 1. The van der Waals surface area contributed by atoms with Crippen molar-refractivity contribution in [3.63, 3.8) is 0 Å². The highest BCUT2D eigenvalue weighted by molar-refractivity contribution is 5.39. The van der Waals surface area contributed by atoms with Gasteiger partial charge < -0.3 is 18.8 Å². The second kappa shape index (κ2) is 8.12. The fourth-order valence-electron chi connectivity index (χ4n) is 2.84. The molecular formula is C17H24N4O3. The highest BCUT2D eigenvalue weighted by atomic mass is 16.5. The Morgan fingerprint density at radius 2 is 2.12 bits per heavy atom. The van der Waals surface area contributed by atoms with Crippen LogP contribution in [0.2, 0.25) is 0 Å². The maximum Gasteiger partial charge on any atom is 0.163 e. The molecule has 1 saturated heterocycles.